The largest absolute Gasteiger partial charge is 0.493 e. The van der Waals surface area contributed by atoms with Crippen LogP contribution in [-0.4, -0.2) is 61.6 Å². The minimum absolute atomic E-state index is 0.0298. The standard InChI is InChI=1S/C19H30N2O3/c1-19(2,24-17-12-7-6-11-16(17)23-5)18(22)21-13-9-8-10-15(14-21)20(3)4/h6-7,11-12,15H,8-10,13-14H2,1-5H3/t15-/m0/s1. The molecule has 134 valence electrons. The molecule has 1 fully saturated rings. The number of nitrogens with zero attached hydrogens (tertiary/aromatic N) is 2. The quantitative estimate of drug-likeness (QED) is 0.830. The summed E-state index contributed by atoms with van der Waals surface area (Å²) in [6, 6.07) is 7.84. The molecule has 0 bridgehead atoms. The van der Waals surface area contributed by atoms with E-state index in [-0.39, 0.29) is 5.91 Å². The van der Waals surface area contributed by atoms with Gasteiger partial charge in [-0.1, -0.05) is 18.6 Å². The van der Waals surface area contributed by atoms with Crippen molar-refractivity contribution in [3.63, 3.8) is 0 Å². The van der Waals surface area contributed by atoms with Gasteiger partial charge in [0.1, 0.15) is 0 Å². The predicted octanol–water partition coefficient (Wildman–Crippen LogP) is 2.80. The molecule has 1 atom stereocenters. The number of para-hydroxylation sites is 2. The van der Waals surface area contributed by atoms with E-state index in [1.165, 1.54) is 0 Å². The van der Waals surface area contributed by atoms with Crippen molar-refractivity contribution >= 4 is 5.91 Å². The third-order valence-electron chi connectivity index (χ3n) is 4.61. The molecule has 2 rings (SSSR count). The highest BCUT2D eigenvalue weighted by Crippen LogP contribution is 2.30. The number of likely N-dealkylation sites (tertiary alicyclic amines) is 1. The number of hydrogen-bond donors (Lipinski definition) is 0. The molecule has 0 unspecified atom stereocenters. The highest BCUT2D eigenvalue weighted by Gasteiger charge is 2.36. The zero-order valence-electron chi connectivity index (χ0n) is 15.5. The summed E-state index contributed by atoms with van der Waals surface area (Å²) in [4.78, 5) is 17.2. The first-order valence-electron chi connectivity index (χ1n) is 8.63. The number of likely N-dealkylation sites (N-methyl/N-ethyl adjacent to an activating group) is 1. The monoisotopic (exact) mass is 334 g/mol. The summed E-state index contributed by atoms with van der Waals surface area (Å²) in [5.74, 6) is 1.26. The van der Waals surface area contributed by atoms with Crippen molar-refractivity contribution in [2.75, 3.05) is 34.3 Å². The molecular weight excluding hydrogens is 304 g/mol. The van der Waals surface area contributed by atoms with Gasteiger partial charge in [0.15, 0.2) is 17.1 Å². The topological polar surface area (TPSA) is 42.0 Å². The third kappa shape index (κ3) is 4.41. The molecule has 1 amide bonds. The molecule has 0 spiro atoms. The van der Waals surface area contributed by atoms with Gasteiger partial charge in [0.25, 0.3) is 5.91 Å². The van der Waals surface area contributed by atoms with Crippen LogP contribution >= 0.6 is 0 Å². The van der Waals surface area contributed by atoms with Gasteiger partial charge in [-0.05, 0) is 52.9 Å². The van der Waals surface area contributed by atoms with Crippen molar-refractivity contribution in [3.05, 3.63) is 24.3 Å². The Labute approximate surface area is 145 Å². The van der Waals surface area contributed by atoms with E-state index < -0.39 is 5.60 Å². The number of rotatable bonds is 5. The maximum Gasteiger partial charge on any atom is 0.266 e. The van der Waals surface area contributed by atoms with Crippen LogP contribution in [0.4, 0.5) is 0 Å². The summed E-state index contributed by atoms with van der Waals surface area (Å²) < 4.78 is 11.4. The van der Waals surface area contributed by atoms with Crippen molar-refractivity contribution in [1.29, 1.82) is 0 Å². The molecular formula is C19H30N2O3. The molecule has 0 saturated carbocycles. The lowest BCUT2D eigenvalue weighted by Crippen LogP contribution is -2.52. The SMILES string of the molecule is COc1ccccc1OC(C)(C)C(=O)N1CCCC[C@H](N(C)C)C1. The van der Waals surface area contributed by atoms with Crippen molar-refractivity contribution in [1.82, 2.24) is 9.80 Å². The van der Waals surface area contributed by atoms with Crippen LogP contribution in [0.5, 0.6) is 11.5 Å². The summed E-state index contributed by atoms with van der Waals surface area (Å²) in [6.45, 7) is 5.21. The fourth-order valence-corrected chi connectivity index (χ4v) is 3.13. The second kappa shape index (κ2) is 7.88. The Morgan fingerprint density at radius 1 is 1.21 bits per heavy atom. The zero-order valence-corrected chi connectivity index (χ0v) is 15.5. The van der Waals surface area contributed by atoms with E-state index in [4.69, 9.17) is 9.47 Å². The number of hydrogen-bond acceptors (Lipinski definition) is 4. The molecule has 1 heterocycles. The van der Waals surface area contributed by atoms with E-state index in [1.807, 2.05) is 43.0 Å². The molecule has 0 N–H and O–H groups in total. The molecule has 0 aromatic heterocycles. The van der Waals surface area contributed by atoms with Crippen LogP contribution in [0, 0.1) is 0 Å². The van der Waals surface area contributed by atoms with Crippen LogP contribution < -0.4 is 9.47 Å². The van der Waals surface area contributed by atoms with Crippen molar-refractivity contribution < 1.29 is 14.3 Å². The average Bonchev–Trinajstić information content (AvgIpc) is 2.80. The fourth-order valence-electron chi connectivity index (χ4n) is 3.13. The smallest absolute Gasteiger partial charge is 0.266 e. The number of benzene rings is 1. The lowest BCUT2D eigenvalue weighted by Gasteiger charge is -2.34. The first kappa shape index (κ1) is 18.6. The summed E-state index contributed by atoms with van der Waals surface area (Å²) in [6.07, 6.45) is 3.33. The Hall–Kier alpha value is -1.75. The summed E-state index contributed by atoms with van der Waals surface area (Å²) in [5.41, 5.74) is -0.935. The van der Waals surface area contributed by atoms with E-state index in [9.17, 15) is 4.79 Å². The molecule has 1 saturated heterocycles. The summed E-state index contributed by atoms with van der Waals surface area (Å²) in [5, 5.41) is 0. The first-order valence-corrected chi connectivity index (χ1v) is 8.63. The van der Waals surface area contributed by atoms with Gasteiger partial charge >= 0.3 is 0 Å². The third-order valence-corrected chi connectivity index (χ3v) is 4.61. The molecule has 24 heavy (non-hydrogen) atoms. The van der Waals surface area contributed by atoms with E-state index in [0.29, 0.717) is 17.5 Å². The molecule has 0 aliphatic carbocycles. The van der Waals surface area contributed by atoms with E-state index >= 15 is 0 Å². The predicted molar refractivity (Wildman–Crippen MR) is 95.6 cm³/mol. The lowest BCUT2D eigenvalue weighted by atomic mass is 10.1. The molecule has 0 radical (unpaired) electrons. The molecule has 1 aromatic rings. The second-order valence-corrected chi connectivity index (χ2v) is 7.13. The zero-order chi connectivity index (χ0) is 17.7. The number of carbonyl (C=O) groups is 1. The van der Waals surface area contributed by atoms with Gasteiger partial charge in [-0.3, -0.25) is 4.79 Å². The molecule has 5 nitrogen and oxygen atoms in total. The van der Waals surface area contributed by atoms with Gasteiger partial charge in [0, 0.05) is 19.1 Å². The van der Waals surface area contributed by atoms with Crippen molar-refractivity contribution in [2.24, 2.45) is 0 Å². The van der Waals surface area contributed by atoms with Crippen LogP contribution in [-0.2, 0) is 4.79 Å². The van der Waals surface area contributed by atoms with Crippen molar-refractivity contribution in [2.45, 2.75) is 44.8 Å². The number of methoxy groups -OCH3 is 1. The summed E-state index contributed by atoms with van der Waals surface area (Å²) >= 11 is 0. The Bertz CT molecular complexity index is 557. The van der Waals surface area contributed by atoms with Gasteiger partial charge < -0.3 is 19.3 Å². The fraction of sp³-hybridized carbons (Fsp3) is 0.632. The normalized spacial score (nSPS) is 19.1. The van der Waals surface area contributed by atoms with Gasteiger partial charge in [-0.2, -0.15) is 0 Å². The highest BCUT2D eigenvalue weighted by molar-refractivity contribution is 5.85. The Kier molecular flexibility index (Phi) is 6.10. The van der Waals surface area contributed by atoms with E-state index in [0.717, 1.165) is 32.4 Å². The van der Waals surface area contributed by atoms with Crippen molar-refractivity contribution in [3.8, 4) is 11.5 Å². The molecule has 5 heteroatoms. The lowest BCUT2D eigenvalue weighted by molar-refractivity contribution is -0.146. The van der Waals surface area contributed by atoms with Crippen LogP contribution in [0.15, 0.2) is 24.3 Å². The maximum absolute atomic E-state index is 13.1. The van der Waals surface area contributed by atoms with E-state index in [2.05, 4.69) is 19.0 Å². The first-order chi connectivity index (χ1) is 11.3. The summed E-state index contributed by atoms with van der Waals surface area (Å²) in [7, 11) is 5.76. The second-order valence-electron chi connectivity index (χ2n) is 7.13. The Balaban J connectivity index is 2.13. The van der Waals surface area contributed by atoms with Crippen LogP contribution in [0.3, 0.4) is 0 Å². The van der Waals surface area contributed by atoms with Gasteiger partial charge in [-0.25, -0.2) is 0 Å². The van der Waals surface area contributed by atoms with Crippen LogP contribution in [0.25, 0.3) is 0 Å². The number of carbonyl (C=O) groups excluding carboxylic acids is 1. The molecule has 1 aliphatic heterocycles. The van der Waals surface area contributed by atoms with Gasteiger partial charge in [-0.15, -0.1) is 0 Å². The number of ether oxygens (including phenoxy) is 2. The van der Waals surface area contributed by atoms with E-state index in [1.54, 1.807) is 7.11 Å². The number of amides is 1. The average molecular weight is 334 g/mol. The van der Waals surface area contributed by atoms with Gasteiger partial charge in [0.05, 0.1) is 7.11 Å². The minimum Gasteiger partial charge on any atom is -0.493 e. The Morgan fingerprint density at radius 2 is 1.88 bits per heavy atom. The minimum atomic E-state index is -0.935. The molecule has 1 aromatic carbocycles. The molecule has 1 aliphatic rings. The Morgan fingerprint density at radius 3 is 2.50 bits per heavy atom. The highest BCUT2D eigenvalue weighted by atomic mass is 16.5. The van der Waals surface area contributed by atoms with Crippen LogP contribution in [0.2, 0.25) is 0 Å². The van der Waals surface area contributed by atoms with Gasteiger partial charge in [0.2, 0.25) is 0 Å². The van der Waals surface area contributed by atoms with Crippen LogP contribution in [0.1, 0.15) is 33.1 Å². The maximum atomic E-state index is 13.1.